The van der Waals surface area contributed by atoms with Crippen molar-refractivity contribution in [1.82, 2.24) is 5.32 Å². The van der Waals surface area contributed by atoms with E-state index in [0.29, 0.717) is 6.42 Å². The summed E-state index contributed by atoms with van der Waals surface area (Å²) in [5, 5.41) is 53.8. The summed E-state index contributed by atoms with van der Waals surface area (Å²) >= 11 is 0. The third-order valence-electron chi connectivity index (χ3n) is 8.78. The molecule has 0 aliphatic carbocycles. The van der Waals surface area contributed by atoms with Crippen molar-refractivity contribution in [2.45, 2.75) is 172 Å². The molecule has 1 amide bonds. The van der Waals surface area contributed by atoms with Gasteiger partial charge in [-0.2, -0.15) is 0 Å². The molecule has 0 aromatic carbocycles. The molecule has 0 bridgehead atoms. The first-order chi connectivity index (χ1) is 24.8. The lowest BCUT2D eigenvalue weighted by Crippen LogP contribution is -2.60. The lowest BCUT2D eigenvalue weighted by atomic mass is 9.99. The maximum atomic E-state index is 12.8. The Hall–Kier alpha value is -2.37. The van der Waals surface area contributed by atoms with Gasteiger partial charge in [0.2, 0.25) is 5.91 Å². The van der Waals surface area contributed by atoms with E-state index in [0.717, 1.165) is 44.9 Å². The highest BCUT2D eigenvalue weighted by Crippen LogP contribution is 2.22. The van der Waals surface area contributed by atoms with Crippen LogP contribution in [-0.2, 0) is 14.3 Å². The molecule has 51 heavy (non-hydrogen) atoms. The monoisotopic (exact) mass is 718 g/mol. The van der Waals surface area contributed by atoms with Crippen LogP contribution >= 0.6 is 0 Å². The molecular weight excluding hydrogens is 646 g/mol. The molecule has 6 N–H and O–H groups in total. The van der Waals surface area contributed by atoms with Gasteiger partial charge in [-0.25, -0.2) is 0 Å². The number of ether oxygens (including phenoxy) is 2. The Labute approximate surface area is 308 Å². The molecule has 0 spiro atoms. The lowest BCUT2D eigenvalue weighted by molar-refractivity contribution is -0.302. The first-order valence-electron chi connectivity index (χ1n) is 19.7. The van der Waals surface area contributed by atoms with Gasteiger partial charge in [0.15, 0.2) is 6.29 Å². The number of unbranched alkanes of at least 4 members (excludes halogenated alkanes) is 10. The number of allylic oxidation sites excluding steroid dienone is 11. The first kappa shape index (κ1) is 46.7. The molecule has 7 atom stereocenters. The molecule has 0 aromatic heterocycles. The van der Waals surface area contributed by atoms with Crippen LogP contribution in [0, 0.1) is 0 Å². The van der Waals surface area contributed by atoms with E-state index >= 15 is 0 Å². The Morgan fingerprint density at radius 3 is 1.86 bits per heavy atom. The Morgan fingerprint density at radius 1 is 0.686 bits per heavy atom. The van der Waals surface area contributed by atoms with Crippen molar-refractivity contribution in [2.75, 3.05) is 13.2 Å². The highest BCUT2D eigenvalue weighted by Gasteiger charge is 2.44. The van der Waals surface area contributed by atoms with Gasteiger partial charge in [-0.1, -0.05) is 138 Å². The normalized spacial score (nSPS) is 22.8. The smallest absolute Gasteiger partial charge is 0.220 e. The highest BCUT2D eigenvalue weighted by atomic mass is 16.7. The van der Waals surface area contributed by atoms with E-state index in [4.69, 9.17) is 9.47 Å². The first-order valence-corrected chi connectivity index (χ1v) is 19.7. The SMILES string of the molecule is CC/C=C\C/C=C\C/C=C\C/C=C\CCC(=O)NC(COC1OC(CO)C(O)C(O)C1O)C(O)/C=C/CC/C=C/CCCCCCCCCCC. The number of carbonyl (C=O) groups excluding carboxylic acids is 1. The maximum Gasteiger partial charge on any atom is 0.220 e. The molecule has 1 heterocycles. The number of aliphatic hydroxyl groups is 5. The molecule has 292 valence electrons. The fourth-order valence-corrected chi connectivity index (χ4v) is 5.59. The summed E-state index contributed by atoms with van der Waals surface area (Å²) in [7, 11) is 0. The summed E-state index contributed by atoms with van der Waals surface area (Å²) in [6.45, 7) is 3.55. The van der Waals surface area contributed by atoms with Gasteiger partial charge in [-0.3, -0.25) is 4.79 Å². The maximum absolute atomic E-state index is 12.8. The van der Waals surface area contributed by atoms with Crippen molar-refractivity contribution < 1.29 is 39.8 Å². The molecule has 9 heteroatoms. The van der Waals surface area contributed by atoms with Gasteiger partial charge in [-0.15, -0.1) is 0 Å². The van der Waals surface area contributed by atoms with Crippen LogP contribution in [0.1, 0.15) is 129 Å². The molecule has 0 saturated carbocycles. The van der Waals surface area contributed by atoms with Gasteiger partial charge in [-0.05, 0) is 57.8 Å². The molecule has 7 unspecified atom stereocenters. The minimum atomic E-state index is -1.58. The molecule has 1 fully saturated rings. The summed E-state index contributed by atoms with van der Waals surface area (Å²) in [6, 6.07) is -0.860. The predicted octanol–water partition coefficient (Wildman–Crippen LogP) is 7.05. The number of amides is 1. The van der Waals surface area contributed by atoms with E-state index in [1.165, 1.54) is 57.8 Å². The summed E-state index contributed by atoms with van der Waals surface area (Å²) in [5.41, 5.74) is 0. The number of aliphatic hydroxyl groups excluding tert-OH is 5. The minimum Gasteiger partial charge on any atom is -0.394 e. The predicted molar refractivity (Wildman–Crippen MR) is 207 cm³/mol. The average molecular weight is 718 g/mol. The standard InChI is InChI=1S/C42H71NO8/c1-3-5-7-9-11-13-15-17-18-20-21-23-25-27-29-31-36(45)35(34-50-42-41(49)40(48)39(47)37(33-44)51-42)43-38(46)32-30-28-26-24-22-19-16-14-12-10-8-6-4-2/h6,8,12,14,19,21-23,26,28-29,31,35-37,39-42,44-45,47-49H,3-5,7,9-11,13,15-18,20,24-25,27,30,32-34H2,1-2H3,(H,43,46)/b8-6-,14-12-,22-19-,23-21+,28-26-,31-29+. The highest BCUT2D eigenvalue weighted by molar-refractivity contribution is 5.76. The Bertz CT molecular complexity index is 1020. The van der Waals surface area contributed by atoms with E-state index in [1.54, 1.807) is 6.08 Å². The molecule has 0 aromatic rings. The van der Waals surface area contributed by atoms with Crippen LogP contribution in [0.3, 0.4) is 0 Å². The van der Waals surface area contributed by atoms with Crippen LogP contribution < -0.4 is 5.32 Å². The van der Waals surface area contributed by atoms with Gasteiger partial charge in [0.05, 0.1) is 25.4 Å². The second kappa shape index (κ2) is 32.3. The van der Waals surface area contributed by atoms with Crippen LogP contribution in [-0.4, -0.2) is 87.5 Å². The average Bonchev–Trinajstić information content (AvgIpc) is 3.13. The minimum absolute atomic E-state index is 0.213. The van der Waals surface area contributed by atoms with E-state index < -0.39 is 49.5 Å². The van der Waals surface area contributed by atoms with Gasteiger partial charge in [0.25, 0.3) is 0 Å². The van der Waals surface area contributed by atoms with Crippen molar-refractivity contribution in [3.8, 4) is 0 Å². The van der Waals surface area contributed by atoms with Crippen LogP contribution in [0.2, 0.25) is 0 Å². The van der Waals surface area contributed by atoms with Gasteiger partial charge in [0, 0.05) is 6.42 Å². The van der Waals surface area contributed by atoms with Crippen molar-refractivity contribution in [3.63, 3.8) is 0 Å². The van der Waals surface area contributed by atoms with Gasteiger partial charge < -0.3 is 40.3 Å². The number of rotatable bonds is 30. The Morgan fingerprint density at radius 2 is 1.24 bits per heavy atom. The number of hydrogen-bond donors (Lipinski definition) is 6. The quantitative estimate of drug-likeness (QED) is 0.0342. The number of hydrogen-bond acceptors (Lipinski definition) is 8. The topological polar surface area (TPSA) is 149 Å². The molecule has 0 radical (unpaired) electrons. The van der Waals surface area contributed by atoms with Crippen LogP contribution in [0.4, 0.5) is 0 Å². The number of nitrogens with one attached hydrogen (secondary N) is 1. The van der Waals surface area contributed by atoms with Gasteiger partial charge in [0.1, 0.15) is 24.4 Å². The third-order valence-corrected chi connectivity index (χ3v) is 8.78. The zero-order chi connectivity index (χ0) is 37.4. The Kier molecular flexibility index (Phi) is 29.5. The fourth-order valence-electron chi connectivity index (χ4n) is 5.59. The second-order valence-electron chi connectivity index (χ2n) is 13.3. The van der Waals surface area contributed by atoms with Crippen LogP contribution in [0.5, 0.6) is 0 Å². The van der Waals surface area contributed by atoms with Crippen LogP contribution in [0.25, 0.3) is 0 Å². The molecule has 1 saturated heterocycles. The zero-order valence-corrected chi connectivity index (χ0v) is 31.6. The van der Waals surface area contributed by atoms with Crippen molar-refractivity contribution >= 4 is 5.91 Å². The zero-order valence-electron chi connectivity index (χ0n) is 31.6. The second-order valence-corrected chi connectivity index (χ2v) is 13.3. The lowest BCUT2D eigenvalue weighted by Gasteiger charge is -2.40. The Balaban J connectivity index is 2.54. The molecular formula is C42H71NO8. The van der Waals surface area contributed by atoms with Crippen LogP contribution in [0.15, 0.2) is 72.9 Å². The fraction of sp³-hybridized carbons (Fsp3) is 0.690. The summed E-state index contributed by atoms with van der Waals surface area (Å²) in [6.07, 6.45) is 35.3. The summed E-state index contributed by atoms with van der Waals surface area (Å²) < 4.78 is 11.1. The van der Waals surface area contributed by atoms with E-state index in [1.807, 2.05) is 18.2 Å². The third kappa shape index (κ3) is 23.7. The number of carbonyl (C=O) groups is 1. The summed E-state index contributed by atoms with van der Waals surface area (Å²) in [5.74, 6) is -0.272. The summed E-state index contributed by atoms with van der Waals surface area (Å²) in [4.78, 5) is 12.8. The largest absolute Gasteiger partial charge is 0.394 e. The molecule has 9 nitrogen and oxygen atoms in total. The van der Waals surface area contributed by atoms with Crippen molar-refractivity contribution in [3.05, 3.63) is 72.9 Å². The molecule has 1 rings (SSSR count). The molecule has 1 aliphatic heterocycles. The molecule has 1 aliphatic rings. The van der Waals surface area contributed by atoms with Gasteiger partial charge >= 0.3 is 0 Å². The van der Waals surface area contributed by atoms with E-state index in [9.17, 15) is 30.3 Å². The van der Waals surface area contributed by atoms with Crippen molar-refractivity contribution in [2.24, 2.45) is 0 Å². The van der Waals surface area contributed by atoms with Crippen molar-refractivity contribution in [1.29, 1.82) is 0 Å². The van der Waals surface area contributed by atoms with E-state index in [2.05, 4.69) is 67.8 Å². The van der Waals surface area contributed by atoms with E-state index in [-0.39, 0.29) is 18.9 Å².